The Morgan fingerprint density at radius 1 is 1.20 bits per heavy atom. The Balaban J connectivity index is 1.58. The number of nitrogens with one attached hydrogen (secondary N) is 1. The molecular weight excluding hydrogens is 477 g/mol. The van der Waals surface area contributed by atoms with E-state index in [1.54, 1.807) is 41.5 Å². The van der Waals surface area contributed by atoms with Gasteiger partial charge < -0.3 is 15.0 Å². The molecule has 0 saturated carbocycles. The van der Waals surface area contributed by atoms with E-state index >= 15 is 0 Å². The topological polar surface area (TPSA) is 108 Å². The molecule has 0 bridgehead atoms. The summed E-state index contributed by atoms with van der Waals surface area (Å²) < 4.78 is 26.3. The minimum absolute atomic E-state index is 0.147. The van der Waals surface area contributed by atoms with Crippen LogP contribution in [0.25, 0.3) is 11.0 Å². The van der Waals surface area contributed by atoms with Crippen molar-refractivity contribution in [2.45, 2.75) is 43.7 Å². The van der Waals surface area contributed by atoms with Crippen molar-refractivity contribution in [1.82, 2.24) is 19.4 Å². The zero-order valence-electron chi connectivity index (χ0n) is 19.6. The molecule has 1 fully saturated rings. The molecule has 4 rings (SSSR count). The molecule has 0 radical (unpaired) electrons. The van der Waals surface area contributed by atoms with E-state index in [2.05, 4.69) is 20.2 Å². The number of carbonyl (C=O) groups is 1. The number of rotatable bonds is 7. The zero-order chi connectivity index (χ0) is 24.9. The van der Waals surface area contributed by atoms with E-state index in [4.69, 9.17) is 9.07 Å². The van der Waals surface area contributed by atoms with Crippen LogP contribution in [0.3, 0.4) is 0 Å². The molecule has 2 aromatic heterocycles. The van der Waals surface area contributed by atoms with E-state index in [9.17, 15) is 14.0 Å². The van der Waals surface area contributed by atoms with Crippen LogP contribution in [0.2, 0.25) is 0 Å². The number of amides is 1. The number of aromatic nitrogens is 3. The zero-order valence-corrected chi connectivity index (χ0v) is 20.4. The van der Waals surface area contributed by atoms with Crippen LogP contribution in [0.15, 0.2) is 46.3 Å². The average molecular weight is 504 g/mol. The summed E-state index contributed by atoms with van der Waals surface area (Å²) in [6.07, 6.45) is 1.96. The van der Waals surface area contributed by atoms with Crippen LogP contribution in [-0.2, 0) is 14.0 Å². The van der Waals surface area contributed by atoms with Crippen molar-refractivity contribution < 1.29 is 23.1 Å². The summed E-state index contributed by atoms with van der Waals surface area (Å²) in [5.74, 6) is -0.135. The number of piperidine rings is 1. The molecule has 1 aliphatic heterocycles. The Morgan fingerprint density at radius 2 is 1.97 bits per heavy atom. The molecule has 12 heteroatoms. The normalized spacial score (nSPS) is 14.5. The van der Waals surface area contributed by atoms with E-state index in [0.29, 0.717) is 47.7 Å². The van der Waals surface area contributed by atoms with Crippen molar-refractivity contribution in [3.8, 4) is 0 Å². The number of benzene rings is 1. The highest BCUT2D eigenvalue weighted by Gasteiger charge is 2.27. The number of likely N-dealkylation sites (tertiary alicyclic amines) is 1. The smallest absolute Gasteiger partial charge is 0.410 e. The molecule has 1 aliphatic rings. The van der Waals surface area contributed by atoms with Crippen LogP contribution in [0.5, 0.6) is 0 Å². The second kappa shape index (κ2) is 11.0. The fourth-order valence-electron chi connectivity index (χ4n) is 3.96. The van der Waals surface area contributed by atoms with Crippen molar-refractivity contribution in [2.75, 3.05) is 25.5 Å². The standard InChI is InChI=1S/C23H26FN5O5S/c1-14(2)33-23(31)28-10-8-15(9-11-28)29-20(30)7-5-17-21(25-13-26-22(17)29)27-19-6-4-16(12-18(19)24)35-34-32-3/h4-7,12-15H,8-11H2,1-3H3,(H,25,26,27). The highest BCUT2D eigenvalue weighted by atomic mass is 32.2. The van der Waals surface area contributed by atoms with Crippen molar-refractivity contribution in [3.63, 3.8) is 0 Å². The number of ether oxygens (including phenoxy) is 1. The largest absolute Gasteiger partial charge is 0.447 e. The van der Waals surface area contributed by atoms with Crippen LogP contribution < -0.4 is 10.9 Å². The minimum atomic E-state index is -0.504. The Hall–Kier alpha value is -3.22. The van der Waals surface area contributed by atoms with Gasteiger partial charge in [-0.1, -0.05) is 0 Å². The van der Waals surface area contributed by atoms with Crippen molar-refractivity contribution in [2.24, 2.45) is 0 Å². The molecule has 1 amide bonds. The fourth-order valence-corrected chi connectivity index (χ4v) is 4.38. The number of anilines is 2. The number of nitrogens with zero attached hydrogens (tertiary/aromatic N) is 4. The maximum absolute atomic E-state index is 14.7. The van der Waals surface area contributed by atoms with Gasteiger partial charge in [-0.05, 0) is 51.0 Å². The highest BCUT2D eigenvalue weighted by molar-refractivity contribution is 7.94. The lowest BCUT2D eigenvalue weighted by Crippen LogP contribution is -2.41. The lowest BCUT2D eigenvalue weighted by molar-refractivity contribution is -0.160. The summed E-state index contributed by atoms with van der Waals surface area (Å²) in [4.78, 5) is 40.4. The summed E-state index contributed by atoms with van der Waals surface area (Å²) >= 11 is 0.890. The van der Waals surface area contributed by atoms with Crippen molar-refractivity contribution in [3.05, 3.63) is 52.8 Å². The second-order valence-corrected chi connectivity index (χ2v) is 9.01. The molecule has 3 aromatic rings. The van der Waals surface area contributed by atoms with E-state index in [0.717, 1.165) is 12.0 Å². The van der Waals surface area contributed by atoms with Gasteiger partial charge in [-0.25, -0.2) is 24.0 Å². The van der Waals surface area contributed by atoms with Gasteiger partial charge in [0.05, 0.1) is 36.3 Å². The van der Waals surface area contributed by atoms with Gasteiger partial charge in [0, 0.05) is 30.1 Å². The Morgan fingerprint density at radius 3 is 2.66 bits per heavy atom. The SMILES string of the molecule is COOSc1ccc(Nc2ncnc3c2ccc(=O)n3C2CCN(C(=O)OC(C)C)CC2)c(F)c1. The number of fused-ring (bicyclic) bond motifs is 1. The van der Waals surface area contributed by atoms with Crippen LogP contribution in [0.1, 0.15) is 32.7 Å². The van der Waals surface area contributed by atoms with Gasteiger partial charge in [-0.2, -0.15) is 4.33 Å². The lowest BCUT2D eigenvalue weighted by atomic mass is 10.0. The van der Waals surface area contributed by atoms with Crippen molar-refractivity contribution >= 4 is 40.7 Å². The molecule has 0 aliphatic carbocycles. The molecule has 186 valence electrons. The number of carbonyl (C=O) groups excluding carboxylic acids is 1. The molecule has 1 N–H and O–H groups in total. The molecule has 0 spiro atoms. The van der Waals surface area contributed by atoms with Crippen LogP contribution in [0, 0.1) is 5.82 Å². The number of hydrogen-bond acceptors (Lipinski definition) is 9. The minimum Gasteiger partial charge on any atom is -0.447 e. The van der Waals surface area contributed by atoms with Crippen LogP contribution >= 0.6 is 12.0 Å². The Labute approximate surface area is 205 Å². The van der Waals surface area contributed by atoms with Gasteiger partial charge in [0.1, 0.15) is 23.6 Å². The Bertz CT molecular complexity index is 1260. The summed E-state index contributed by atoms with van der Waals surface area (Å²) in [7, 11) is 1.36. The number of pyridine rings is 1. The molecule has 10 nitrogen and oxygen atoms in total. The van der Waals surface area contributed by atoms with Gasteiger partial charge in [-0.3, -0.25) is 9.36 Å². The predicted octanol–water partition coefficient (Wildman–Crippen LogP) is 4.44. The van der Waals surface area contributed by atoms with E-state index in [-0.39, 0.29) is 29.5 Å². The van der Waals surface area contributed by atoms with Gasteiger partial charge >= 0.3 is 6.09 Å². The number of halogens is 1. The third-order valence-electron chi connectivity index (χ3n) is 5.54. The molecule has 3 heterocycles. The predicted molar refractivity (Wildman–Crippen MR) is 129 cm³/mol. The second-order valence-electron chi connectivity index (χ2n) is 8.24. The summed E-state index contributed by atoms with van der Waals surface area (Å²) in [6.45, 7) is 4.55. The Kier molecular flexibility index (Phi) is 7.83. The van der Waals surface area contributed by atoms with Crippen LogP contribution in [0.4, 0.5) is 20.7 Å². The fraction of sp³-hybridized carbons (Fsp3) is 0.391. The highest BCUT2D eigenvalue weighted by Crippen LogP contribution is 2.30. The van der Waals surface area contributed by atoms with E-state index < -0.39 is 5.82 Å². The average Bonchev–Trinajstić information content (AvgIpc) is 2.84. The first-order valence-electron chi connectivity index (χ1n) is 11.1. The molecular formula is C23H26FN5O5S. The van der Waals surface area contributed by atoms with Gasteiger partial charge in [0.2, 0.25) is 0 Å². The first-order valence-corrected chi connectivity index (χ1v) is 11.9. The molecule has 35 heavy (non-hydrogen) atoms. The van der Waals surface area contributed by atoms with E-state index in [1.807, 2.05) is 0 Å². The first kappa shape index (κ1) is 24.9. The van der Waals surface area contributed by atoms with Crippen molar-refractivity contribution in [1.29, 1.82) is 0 Å². The maximum atomic E-state index is 14.7. The number of hydrogen-bond donors (Lipinski definition) is 1. The maximum Gasteiger partial charge on any atom is 0.410 e. The monoisotopic (exact) mass is 503 g/mol. The molecule has 1 aromatic carbocycles. The summed E-state index contributed by atoms with van der Waals surface area (Å²) in [6, 6.07) is 7.47. The summed E-state index contributed by atoms with van der Waals surface area (Å²) in [5, 5.41) is 3.57. The summed E-state index contributed by atoms with van der Waals surface area (Å²) in [5.41, 5.74) is 0.455. The third kappa shape index (κ3) is 5.72. The van der Waals surface area contributed by atoms with Gasteiger partial charge in [0.15, 0.2) is 0 Å². The van der Waals surface area contributed by atoms with Crippen LogP contribution in [-0.4, -0.2) is 51.8 Å². The van der Waals surface area contributed by atoms with Gasteiger partial charge in [-0.15, -0.1) is 0 Å². The molecule has 1 saturated heterocycles. The quantitative estimate of drug-likeness (QED) is 0.284. The molecule has 0 unspecified atom stereocenters. The van der Waals surface area contributed by atoms with Gasteiger partial charge in [0.25, 0.3) is 5.56 Å². The third-order valence-corrected chi connectivity index (χ3v) is 6.19. The first-order chi connectivity index (χ1) is 16.9. The lowest BCUT2D eigenvalue weighted by Gasteiger charge is -2.33. The van der Waals surface area contributed by atoms with E-state index in [1.165, 1.54) is 25.6 Å². The molecule has 0 atom stereocenters.